The summed E-state index contributed by atoms with van der Waals surface area (Å²) in [6.07, 6.45) is 3.30. The number of nitrogens with zero attached hydrogens (tertiary/aromatic N) is 7. The molecule has 0 radical (unpaired) electrons. The van der Waals surface area contributed by atoms with Gasteiger partial charge >= 0.3 is 12.0 Å². The van der Waals surface area contributed by atoms with Crippen molar-refractivity contribution < 1.29 is 28.7 Å². The first-order valence-electron chi connectivity index (χ1n) is 22.8. The van der Waals surface area contributed by atoms with Crippen LogP contribution >= 0.6 is 11.3 Å². The minimum atomic E-state index is -1.04. The van der Waals surface area contributed by atoms with Gasteiger partial charge in [0.25, 0.3) is 5.91 Å². The summed E-state index contributed by atoms with van der Waals surface area (Å²) in [6.45, 7) is 18.7. The Hall–Kier alpha value is -4.90. The summed E-state index contributed by atoms with van der Waals surface area (Å²) in [5.74, 6) is -1.52. The predicted octanol–water partition coefficient (Wildman–Crippen LogP) is 6.30. The molecule has 6 heterocycles. The van der Waals surface area contributed by atoms with E-state index in [2.05, 4.69) is 79.2 Å². The molecule has 2 fully saturated rings. The molecule has 64 heavy (non-hydrogen) atoms. The highest BCUT2D eigenvalue weighted by atomic mass is 32.1. The number of carbonyl (C=O) groups is 4. The van der Waals surface area contributed by atoms with Gasteiger partial charge in [0.15, 0.2) is 0 Å². The third-order valence-corrected chi connectivity index (χ3v) is 14.2. The van der Waals surface area contributed by atoms with Crippen molar-refractivity contribution in [3.63, 3.8) is 0 Å². The highest BCUT2D eigenvalue weighted by Gasteiger charge is 2.40. The van der Waals surface area contributed by atoms with E-state index in [1.807, 2.05) is 44.0 Å². The maximum atomic E-state index is 14.6. The third kappa shape index (κ3) is 9.56. The van der Waals surface area contributed by atoms with Crippen LogP contribution in [0.5, 0.6) is 0 Å². The molecular weight excluding hydrogens is 831 g/mol. The number of benzene rings is 1. The van der Waals surface area contributed by atoms with E-state index in [-0.39, 0.29) is 49.1 Å². The monoisotopic (exact) mass is 897 g/mol. The molecule has 0 aliphatic carbocycles. The van der Waals surface area contributed by atoms with Crippen LogP contribution in [0.25, 0.3) is 33.4 Å². The van der Waals surface area contributed by atoms with Gasteiger partial charge in [-0.3, -0.25) is 29.3 Å². The summed E-state index contributed by atoms with van der Waals surface area (Å²) in [6, 6.07) is 7.71. The molecule has 0 saturated carbocycles. The molecule has 1 aromatic carbocycles. The number of rotatable bonds is 8. The van der Waals surface area contributed by atoms with Crippen LogP contribution in [0.1, 0.15) is 90.6 Å². The number of aryl methyl sites for hydroxylation is 1. The first-order chi connectivity index (χ1) is 30.4. The Balaban J connectivity index is 1.28. The number of hydrogen-bond acceptors (Lipinski definition) is 11. The molecule has 3 aliphatic rings. The molecule has 3 aromatic heterocycles. The van der Waals surface area contributed by atoms with E-state index in [0.717, 1.165) is 51.2 Å². The summed E-state index contributed by atoms with van der Waals surface area (Å²) in [5, 5.41) is 8.24. The first-order valence-corrected chi connectivity index (χ1v) is 23.7. The van der Waals surface area contributed by atoms with Crippen LogP contribution in [-0.2, 0) is 43.2 Å². The Labute approximate surface area is 381 Å². The number of piperazine rings is 1. The Morgan fingerprint density at radius 3 is 2.61 bits per heavy atom. The van der Waals surface area contributed by atoms with E-state index in [4.69, 9.17) is 19.4 Å². The van der Waals surface area contributed by atoms with Crippen molar-refractivity contribution in [1.29, 1.82) is 0 Å². The lowest BCUT2D eigenvalue weighted by Gasteiger charge is -2.45. The number of fused-ring (bicyclic) bond motifs is 6. The summed E-state index contributed by atoms with van der Waals surface area (Å²) in [7, 11) is 5.41. The van der Waals surface area contributed by atoms with Crippen LogP contribution in [0, 0.1) is 11.3 Å². The normalized spacial score (nSPS) is 23.1. The van der Waals surface area contributed by atoms with Gasteiger partial charge in [-0.15, -0.1) is 11.3 Å². The maximum absolute atomic E-state index is 14.6. The van der Waals surface area contributed by atoms with Gasteiger partial charge in [-0.1, -0.05) is 33.8 Å². The number of ether oxygens (including phenoxy) is 2. The fraction of sp³-hybridized carbons (Fsp3) is 0.583. The highest BCUT2D eigenvalue weighted by molar-refractivity contribution is 7.10. The molecule has 346 valence electrons. The Morgan fingerprint density at radius 2 is 1.89 bits per heavy atom. The highest BCUT2D eigenvalue weighted by Crippen LogP contribution is 2.42. The average Bonchev–Trinajstić information content (AvgIpc) is 3.86. The molecule has 16 heteroatoms. The van der Waals surface area contributed by atoms with Crippen molar-refractivity contribution in [1.82, 2.24) is 45.0 Å². The molecule has 4 aromatic rings. The standard InChI is InChI=1S/C48H67N9O6S/c1-12-55-39-18-17-32-21-34(39)35(43(55)33-15-13-19-49-41(33)31(6)62-11)23-48(7,8)27-63-46(60)36-16-14-20-57(52-36)45(59)37(22-40-50-38(32)26-64-40)51-44(58)42(28(2)3)54(10)47(61)56-25-29(4)53(9)24-30(56)5/h13,15,17-19,21,26,28-31,36-37,42,52H,12,14,16,20,22-25,27H2,1-11H3,(H,51,58)/t29-,30+,31+,36+,37+,42?/m1/s1. The van der Waals surface area contributed by atoms with Crippen LogP contribution in [0.15, 0.2) is 41.9 Å². The van der Waals surface area contributed by atoms with E-state index in [0.29, 0.717) is 43.9 Å². The average molecular weight is 898 g/mol. The van der Waals surface area contributed by atoms with Crippen LogP contribution in [0.3, 0.4) is 0 Å². The molecule has 7 rings (SSSR count). The number of esters is 1. The summed E-state index contributed by atoms with van der Waals surface area (Å²) in [4.78, 5) is 72.6. The van der Waals surface area contributed by atoms with E-state index in [1.54, 1.807) is 20.4 Å². The molecular formula is C48H67N9O6S. The Morgan fingerprint density at radius 1 is 1.12 bits per heavy atom. The summed E-state index contributed by atoms with van der Waals surface area (Å²) >= 11 is 1.43. The van der Waals surface area contributed by atoms with Gasteiger partial charge < -0.3 is 29.2 Å². The number of urea groups is 1. The number of nitrogens with one attached hydrogen (secondary N) is 2. The minimum Gasteiger partial charge on any atom is -0.464 e. The van der Waals surface area contributed by atoms with Crippen molar-refractivity contribution in [2.75, 3.05) is 47.4 Å². The smallest absolute Gasteiger partial charge is 0.324 e. The number of hydrazine groups is 1. The van der Waals surface area contributed by atoms with Crippen LogP contribution in [-0.4, -0.2) is 136 Å². The van der Waals surface area contributed by atoms with Gasteiger partial charge in [0.05, 0.1) is 34.8 Å². The van der Waals surface area contributed by atoms with Gasteiger partial charge in [0.2, 0.25) is 5.91 Å². The molecule has 6 atom stereocenters. The van der Waals surface area contributed by atoms with Gasteiger partial charge in [-0.25, -0.2) is 15.2 Å². The number of likely N-dealkylation sites (N-methyl/N-ethyl adjacent to an activating group) is 2. The molecule has 3 aliphatic heterocycles. The quantitative estimate of drug-likeness (QED) is 0.193. The molecule has 1 unspecified atom stereocenters. The zero-order valence-electron chi connectivity index (χ0n) is 39.4. The van der Waals surface area contributed by atoms with Gasteiger partial charge in [0, 0.05) is 97.9 Å². The topological polar surface area (TPSA) is 154 Å². The second-order valence-corrected chi connectivity index (χ2v) is 20.1. The lowest BCUT2D eigenvalue weighted by molar-refractivity contribution is -0.155. The minimum absolute atomic E-state index is 0.0370. The predicted molar refractivity (Wildman–Crippen MR) is 249 cm³/mol. The number of methoxy groups -OCH3 is 1. The van der Waals surface area contributed by atoms with E-state index < -0.39 is 35.4 Å². The first kappa shape index (κ1) is 47.1. The zero-order valence-corrected chi connectivity index (χ0v) is 40.3. The van der Waals surface area contributed by atoms with Crippen molar-refractivity contribution in [3.05, 3.63) is 58.2 Å². The lowest BCUT2D eigenvalue weighted by Crippen LogP contribution is -2.64. The van der Waals surface area contributed by atoms with Gasteiger partial charge in [-0.2, -0.15) is 0 Å². The summed E-state index contributed by atoms with van der Waals surface area (Å²) < 4.78 is 14.3. The molecule has 6 bridgehead atoms. The van der Waals surface area contributed by atoms with Crippen molar-refractivity contribution in [2.24, 2.45) is 11.3 Å². The van der Waals surface area contributed by atoms with E-state index in [1.165, 1.54) is 21.2 Å². The van der Waals surface area contributed by atoms with Crippen molar-refractivity contribution in [3.8, 4) is 22.5 Å². The maximum Gasteiger partial charge on any atom is 0.324 e. The molecule has 4 amide bonds. The van der Waals surface area contributed by atoms with Gasteiger partial charge in [-0.05, 0) is 89.8 Å². The number of pyridine rings is 1. The van der Waals surface area contributed by atoms with Crippen LogP contribution in [0.2, 0.25) is 0 Å². The number of amides is 4. The molecule has 2 N–H and O–H groups in total. The molecule has 2 saturated heterocycles. The number of aromatic nitrogens is 3. The largest absolute Gasteiger partial charge is 0.464 e. The van der Waals surface area contributed by atoms with Gasteiger partial charge in [0.1, 0.15) is 18.1 Å². The van der Waals surface area contributed by atoms with E-state index >= 15 is 0 Å². The fourth-order valence-corrected chi connectivity index (χ4v) is 10.5. The number of carbonyl (C=O) groups excluding carboxylic acids is 4. The molecule has 0 spiro atoms. The van der Waals surface area contributed by atoms with Crippen LogP contribution in [0.4, 0.5) is 4.79 Å². The Bertz CT molecular complexity index is 2360. The van der Waals surface area contributed by atoms with Crippen LogP contribution < -0.4 is 10.7 Å². The second kappa shape index (κ2) is 19.3. The second-order valence-electron chi connectivity index (χ2n) is 19.1. The number of hydrogen-bond donors (Lipinski definition) is 2. The third-order valence-electron chi connectivity index (χ3n) is 13.3. The summed E-state index contributed by atoms with van der Waals surface area (Å²) in [5.41, 5.74) is 9.40. The SMILES string of the molecule is CCn1c(-c2cccnc2[C@H](C)OC)c2c3cc(ccc31)-c1csc(n1)C[C@H](NC(=O)C(C(C)C)N(C)C(=O)N1C[C@@H](C)N(C)C[C@@H]1C)C(=O)N1CCC[C@H](N1)C(=O)OCC(C)(C)C2. The molecule has 15 nitrogen and oxygen atoms in total. The number of cyclic esters (lactones) is 1. The zero-order chi connectivity index (χ0) is 46.2. The van der Waals surface area contributed by atoms with E-state index in [9.17, 15) is 19.2 Å². The Kier molecular flexibility index (Phi) is 14.2. The number of thiazole rings is 1. The fourth-order valence-electron chi connectivity index (χ4n) is 9.63. The van der Waals surface area contributed by atoms with Crippen molar-refractivity contribution in [2.45, 2.75) is 124 Å². The van der Waals surface area contributed by atoms with Crippen molar-refractivity contribution >= 4 is 46.1 Å². The lowest BCUT2D eigenvalue weighted by atomic mass is 9.84.